The summed E-state index contributed by atoms with van der Waals surface area (Å²) in [6, 6.07) is 11.5. The number of halogens is 1. The molecule has 2 unspecified atom stereocenters. The lowest BCUT2D eigenvalue weighted by Gasteiger charge is -2.30. The molecule has 0 bridgehead atoms. The molecule has 9 nitrogen and oxygen atoms in total. The van der Waals surface area contributed by atoms with Crippen LogP contribution < -0.4 is 34.9 Å². The van der Waals surface area contributed by atoms with E-state index in [1.54, 1.807) is 28.4 Å². The molecule has 1 aliphatic rings. The first-order chi connectivity index (χ1) is 19.0. The van der Waals surface area contributed by atoms with Crippen LogP contribution in [-0.2, 0) is 13.1 Å². The second-order valence-electron chi connectivity index (χ2n) is 9.70. The molecule has 0 spiro atoms. The van der Waals surface area contributed by atoms with Gasteiger partial charge in [-0.1, -0.05) is 6.42 Å². The summed E-state index contributed by atoms with van der Waals surface area (Å²) in [5.41, 5.74) is 8.99. The number of aromatic nitrogens is 2. The Balaban J connectivity index is 1.70. The van der Waals surface area contributed by atoms with Crippen LogP contribution in [0, 0.1) is 5.92 Å². The molecule has 10 heteroatoms. The Hall–Kier alpha value is -3.95. The highest BCUT2D eigenvalue weighted by Crippen LogP contribution is 2.35. The van der Waals surface area contributed by atoms with Crippen molar-refractivity contribution in [2.24, 2.45) is 5.92 Å². The van der Waals surface area contributed by atoms with Crippen molar-refractivity contribution in [3.8, 4) is 23.0 Å². The van der Waals surface area contributed by atoms with Gasteiger partial charge in [-0.2, -0.15) is 0 Å². The Kier molecular flexibility index (Phi) is 9.51. The smallest absolute Gasteiger partial charge is 0.158 e. The molecule has 39 heavy (non-hydrogen) atoms. The van der Waals surface area contributed by atoms with Gasteiger partial charge in [0, 0.05) is 42.4 Å². The molecule has 1 saturated carbocycles. The maximum atomic E-state index is 13.4. The van der Waals surface area contributed by atoms with Gasteiger partial charge < -0.3 is 34.9 Å². The molecule has 0 saturated heterocycles. The number of benzene rings is 2. The van der Waals surface area contributed by atoms with Gasteiger partial charge in [0.2, 0.25) is 0 Å². The number of rotatable bonds is 12. The van der Waals surface area contributed by atoms with Gasteiger partial charge in [0.25, 0.3) is 0 Å². The monoisotopic (exact) mass is 539 g/mol. The van der Waals surface area contributed by atoms with Crippen molar-refractivity contribution in [3.05, 3.63) is 53.9 Å². The molecule has 1 heterocycles. The summed E-state index contributed by atoms with van der Waals surface area (Å²) in [4.78, 5) is 11.1. The van der Waals surface area contributed by atoms with Crippen LogP contribution in [0.2, 0.25) is 0 Å². The standard InChI is InChI=1S/C29H38FN5O4/c1-36-23-10-8-20(25(13-23)38-3)16-35(17-21-9-11-24(37-2)14-26(21)39-4)29-27(31)28(32-18-33-29)34-22-7-5-6-19(12-22)15-30/h8-11,13-14,18-19,22H,5-7,12,15-17,31H2,1-4H3,(H,32,33,34). The molecule has 3 aromatic rings. The van der Waals surface area contributed by atoms with Crippen LogP contribution in [0.4, 0.5) is 21.7 Å². The fraction of sp³-hybridized carbons (Fsp3) is 0.448. The molecular formula is C29H38FN5O4. The maximum Gasteiger partial charge on any atom is 0.158 e. The third kappa shape index (κ3) is 6.74. The van der Waals surface area contributed by atoms with E-state index in [4.69, 9.17) is 24.7 Å². The minimum absolute atomic E-state index is 0.0698. The average molecular weight is 540 g/mol. The Morgan fingerprint density at radius 1 is 0.897 bits per heavy atom. The van der Waals surface area contributed by atoms with Crippen LogP contribution in [0.15, 0.2) is 42.7 Å². The van der Waals surface area contributed by atoms with Crippen molar-refractivity contribution in [1.29, 1.82) is 0 Å². The van der Waals surface area contributed by atoms with Crippen LogP contribution >= 0.6 is 0 Å². The summed E-state index contributed by atoms with van der Waals surface area (Å²) in [6.07, 6.45) is 5.11. The van der Waals surface area contributed by atoms with E-state index in [9.17, 15) is 4.39 Å². The molecular weight excluding hydrogens is 501 g/mol. The Labute approximate surface area is 229 Å². The molecule has 3 N–H and O–H groups in total. The minimum Gasteiger partial charge on any atom is -0.497 e. The first-order valence-corrected chi connectivity index (χ1v) is 13.1. The molecule has 0 amide bonds. The number of anilines is 3. The number of alkyl halides is 1. The number of nitrogen functional groups attached to an aromatic ring is 1. The molecule has 0 radical (unpaired) electrons. The van der Waals surface area contributed by atoms with Crippen LogP contribution in [0.3, 0.4) is 0 Å². The number of hydrogen-bond acceptors (Lipinski definition) is 9. The summed E-state index contributed by atoms with van der Waals surface area (Å²) < 4.78 is 35.4. The van der Waals surface area contributed by atoms with Gasteiger partial charge >= 0.3 is 0 Å². The van der Waals surface area contributed by atoms with Crippen molar-refractivity contribution in [1.82, 2.24) is 9.97 Å². The van der Waals surface area contributed by atoms with Crippen molar-refractivity contribution in [3.63, 3.8) is 0 Å². The quantitative estimate of drug-likeness (QED) is 0.320. The van der Waals surface area contributed by atoms with E-state index >= 15 is 0 Å². The Morgan fingerprint density at radius 2 is 1.51 bits per heavy atom. The van der Waals surface area contributed by atoms with Crippen molar-refractivity contribution in [2.75, 3.05) is 51.1 Å². The number of nitrogens with zero attached hydrogens (tertiary/aromatic N) is 3. The summed E-state index contributed by atoms with van der Waals surface area (Å²) >= 11 is 0. The lowest BCUT2D eigenvalue weighted by molar-refractivity contribution is 0.268. The zero-order valence-corrected chi connectivity index (χ0v) is 23.1. The minimum atomic E-state index is -0.302. The molecule has 1 fully saturated rings. The van der Waals surface area contributed by atoms with Gasteiger partial charge in [-0.05, 0) is 49.4 Å². The molecule has 2 atom stereocenters. The molecule has 4 rings (SSSR count). The normalized spacial score (nSPS) is 16.8. The van der Waals surface area contributed by atoms with Gasteiger partial charge in [-0.25, -0.2) is 9.97 Å². The lowest BCUT2D eigenvalue weighted by Crippen LogP contribution is -2.30. The van der Waals surface area contributed by atoms with Gasteiger partial charge in [-0.3, -0.25) is 4.39 Å². The molecule has 2 aromatic carbocycles. The molecule has 1 aromatic heterocycles. The third-order valence-corrected chi connectivity index (χ3v) is 7.22. The number of nitrogens with one attached hydrogen (secondary N) is 1. The predicted molar refractivity (Wildman–Crippen MR) is 151 cm³/mol. The predicted octanol–water partition coefficient (Wildman–Crippen LogP) is 5.24. The first-order valence-electron chi connectivity index (χ1n) is 13.1. The summed E-state index contributed by atoms with van der Waals surface area (Å²) in [6.45, 7) is 0.580. The highest BCUT2D eigenvalue weighted by molar-refractivity contribution is 5.75. The second kappa shape index (κ2) is 13.2. The molecule has 0 aliphatic heterocycles. The van der Waals surface area contributed by atoms with Crippen molar-refractivity contribution in [2.45, 2.75) is 44.8 Å². The van der Waals surface area contributed by atoms with E-state index in [1.165, 1.54) is 6.33 Å². The van der Waals surface area contributed by atoms with E-state index in [1.807, 2.05) is 36.4 Å². The van der Waals surface area contributed by atoms with Crippen LogP contribution in [0.5, 0.6) is 23.0 Å². The van der Waals surface area contributed by atoms with E-state index in [-0.39, 0.29) is 18.6 Å². The topological polar surface area (TPSA) is 104 Å². The fourth-order valence-corrected chi connectivity index (χ4v) is 5.09. The third-order valence-electron chi connectivity index (χ3n) is 7.22. The number of methoxy groups -OCH3 is 4. The molecule has 1 aliphatic carbocycles. The van der Waals surface area contributed by atoms with Crippen molar-refractivity contribution >= 4 is 17.3 Å². The number of hydrogen-bond donors (Lipinski definition) is 2. The van der Waals surface area contributed by atoms with Gasteiger partial charge in [0.15, 0.2) is 11.6 Å². The van der Waals surface area contributed by atoms with Crippen LogP contribution in [-0.4, -0.2) is 51.1 Å². The zero-order valence-electron chi connectivity index (χ0n) is 23.1. The zero-order chi connectivity index (χ0) is 27.8. The number of ether oxygens (including phenoxy) is 4. The van der Waals surface area contributed by atoms with Gasteiger partial charge in [-0.15, -0.1) is 0 Å². The first kappa shape index (κ1) is 28.1. The average Bonchev–Trinajstić information content (AvgIpc) is 2.98. The van der Waals surface area contributed by atoms with E-state index < -0.39 is 0 Å². The van der Waals surface area contributed by atoms with Gasteiger partial charge in [0.1, 0.15) is 35.0 Å². The Morgan fingerprint density at radius 3 is 2.05 bits per heavy atom. The SMILES string of the molecule is COc1ccc(CN(Cc2ccc(OC)cc2OC)c2ncnc(NC3CCCC(CF)C3)c2N)c(OC)c1. The number of nitrogens with two attached hydrogens (primary N) is 1. The lowest BCUT2D eigenvalue weighted by atomic mass is 9.86. The summed E-state index contributed by atoms with van der Waals surface area (Å²) in [7, 11) is 6.50. The fourth-order valence-electron chi connectivity index (χ4n) is 5.09. The van der Waals surface area contributed by atoms with Crippen LogP contribution in [0.1, 0.15) is 36.8 Å². The summed E-state index contributed by atoms with van der Waals surface area (Å²) in [5, 5.41) is 3.46. The highest BCUT2D eigenvalue weighted by Gasteiger charge is 2.25. The second-order valence-corrected chi connectivity index (χ2v) is 9.70. The maximum absolute atomic E-state index is 13.4. The van der Waals surface area contributed by atoms with E-state index in [0.717, 1.165) is 36.8 Å². The summed E-state index contributed by atoms with van der Waals surface area (Å²) in [5.74, 6) is 3.97. The van der Waals surface area contributed by atoms with E-state index in [0.29, 0.717) is 53.4 Å². The highest BCUT2D eigenvalue weighted by atomic mass is 19.1. The van der Waals surface area contributed by atoms with Gasteiger partial charge in [0.05, 0.1) is 35.1 Å². The molecule has 210 valence electrons. The van der Waals surface area contributed by atoms with E-state index in [2.05, 4.69) is 20.2 Å². The Bertz CT molecular complexity index is 1190. The van der Waals surface area contributed by atoms with Crippen LogP contribution in [0.25, 0.3) is 0 Å². The van der Waals surface area contributed by atoms with Crippen molar-refractivity contribution < 1.29 is 23.3 Å². The largest absolute Gasteiger partial charge is 0.497 e.